The second kappa shape index (κ2) is 5.82. The summed E-state index contributed by atoms with van der Waals surface area (Å²) in [5, 5.41) is 1.97. The van der Waals surface area contributed by atoms with E-state index in [1.165, 1.54) is 16.5 Å². The highest BCUT2D eigenvalue weighted by molar-refractivity contribution is 6.30. The number of para-hydroxylation sites is 1. The van der Waals surface area contributed by atoms with E-state index >= 15 is 0 Å². The van der Waals surface area contributed by atoms with E-state index in [1.807, 2.05) is 24.3 Å². The molecule has 0 fully saturated rings. The van der Waals surface area contributed by atoms with Gasteiger partial charge in [0.2, 0.25) is 0 Å². The van der Waals surface area contributed by atoms with Gasteiger partial charge >= 0.3 is 0 Å². The van der Waals surface area contributed by atoms with Crippen LogP contribution in [-0.4, -0.2) is 4.57 Å². The number of nitrogens with zero attached hydrogens (tertiary/aromatic N) is 1. The number of rotatable bonds is 4. The molecule has 0 aliphatic rings. The van der Waals surface area contributed by atoms with Gasteiger partial charge in [-0.2, -0.15) is 0 Å². The van der Waals surface area contributed by atoms with E-state index in [4.69, 9.17) is 16.3 Å². The Balaban J connectivity index is 1.88. The highest BCUT2D eigenvalue weighted by Crippen LogP contribution is 2.26. The first-order valence-corrected chi connectivity index (χ1v) is 7.50. The molecule has 1 heterocycles. The van der Waals surface area contributed by atoms with Crippen molar-refractivity contribution >= 4 is 22.5 Å². The van der Waals surface area contributed by atoms with Crippen LogP contribution in [0.5, 0.6) is 5.75 Å². The molecule has 0 aliphatic carbocycles. The van der Waals surface area contributed by atoms with Crippen LogP contribution < -0.4 is 4.74 Å². The lowest BCUT2D eigenvalue weighted by Gasteiger charge is -2.08. The molecule has 0 aliphatic heterocycles. The van der Waals surface area contributed by atoms with Crippen LogP contribution in [0.15, 0.2) is 54.7 Å². The monoisotopic (exact) mass is 299 g/mol. The largest absolute Gasteiger partial charge is 0.489 e. The molecule has 0 radical (unpaired) electrons. The third-order valence-corrected chi connectivity index (χ3v) is 3.84. The van der Waals surface area contributed by atoms with Gasteiger partial charge in [-0.3, -0.25) is 0 Å². The van der Waals surface area contributed by atoms with Gasteiger partial charge in [0, 0.05) is 33.7 Å². The number of aromatic nitrogens is 1. The van der Waals surface area contributed by atoms with Crippen molar-refractivity contribution in [2.75, 3.05) is 0 Å². The van der Waals surface area contributed by atoms with Crippen LogP contribution in [-0.2, 0) is 6.61 Å². The lowest BCUT2D eigenvalue weighted by Crippen LogP contribution is -1.98. The Kier molecular flexibility index (Phi) is 3.89. The molecule has 0 saturated heterocycles. The van der Waals surface area contributed by atoms with Gasteiger partial charge in [-0.15, -0.1) is 0 Å². The minimum atomic E-state index is 0.430. The molecule has 3 rings (SSSR count). The fourth-order valence-corrected chi connectivity index (χ4v) is 2.64. The van der Waals surface area contributed by atoms with Gasteiger partial charge in [0.25, 0.3) is 0 Å². The number of fused-ring (bicyclic) bond motifs is 1. The molecule has 0 bridgehead atoms. The van der Waals surface area contributed by atoms with E-state index in [-0.39, 0.29) is 0 Å². The Morgan fingerprint density at radius 2 is 1.76 bits per heavy atom. The van der Waals surface area contributed by atoms with Crippen molar-refractivity contribution in [2.45, 2.75) is 26.5 Å². The van der Waals surface area contributed by atoms with E-state index in [0.717, 1.165) is 10.8 Å². The van der Waals surface area contributed by atoms with Gasteiger partial charge in [-0.25, -0.2) is 0 Å². The Labute approximate surface area is 129 Å². The number of ether oxygens (including phenoxy) is 1. The van der Waals surface area contributed by atoms with Crippen LogP contribution in [0, 0.1) is 0 Å². The maximum atomic E-state index is 5.89. The summed E-state index contributed by atoms with van der Waals surface area (Å²) in [4.78, 5) is 0. The van der Waals surface area contributed by atoms with E-state index in [2.05, 4.69) is 48.9 Å². The molecular weight excluding hydrogens is 282 g/mol. The molecule has 0 amide bonds. The van der Waals surface area contributed by atoms with Crippen LogP contribution in [0.4, 0.5) is 0 Å². The standard InChI is InChI=1S/C18H18ClNO/c1-13(2)20-11-14(17-5-3-4-6-18(17)20)12-21-16-9-7-15(19)8-10-16/h3-11,13H,12H2,1-2H3. The van der Waals surface area contributed by atoms with Crippen LogP contribution in [0.3, 0.4) is 0 Å². The number of benzene rings is 2. The predicted molar refractivity (Wildman–Crippen MR) is 88.1 cm³/mol. The average Bonchev–Trinajstić information content (AvgIpc) is 2.86. The zero-order valence-corrected chi connectivity index (χ0v) is 13.0. The fourth-order valence-electron chi connectivity index (χ4n) is 2.51. The molecule has 0 atom stereocenters. The topological polar surface area (TPSA) is 14.2 Å². The van der Waals surface area contributed by atoms with Gasteiger partial charge in [0.1, 0.15) is 12.4 Å². The zero-order valence-electron chi connectivity index (χ0n) is 12.2. The first kappa shape index (κ1) is 14.0. The third-order valence-electron chi connectivity index (χ3n) is 3.59. The summed E-state index contributed by atoms with van der Waals surface area (Å²) >= 11 is 5.89. The Hall–Kier alpha value is -1.93. The molecule has 2 nitrogen and oxygen atoms in total. The Morgan fingerprint density at radius 1 is 1.05 bits per heavy atom. The zero-order chi connectivity index (χ0) is 14.8. The summed E-state index contributed by atoms with van der Waals surface area (Å²) in [6, 6.07) is 16.3. The summed E-state index contributed by atoms with van der Waals surface area (Å²) in [5.74, 6) is 0.834. The summed E-state index contributed by atoms with van der Waals surface area (Å²) in [6.07, 6.45) is 2.19. The van der Waals surface area contributed by atoms with Crippen LogP contribution in [0.2, 0.25) is 5.02 Å². The van der Waals surface area contributed by atoms with Gasteiger partial charge in [-0.1, -0.05) is 29.8 Å². The molecule has 0 saturated carbocycles. The van der Waals surface area contributed by atoms with Crippen LogP contribution >= 0.6 is 11.6 Å². The normalized spacial score (nSPS) is 11.2. The molecule has 0 spiro atoms. The molecule has 21 heavy (non-hydrogen) atoms. The van der Waals surface area contributed by atoms with Gasteiger partial charge in [0.15, 0.2) is 0 Å². The lowest BCUT2D eigenvalue weighted by atomic mass is 10.2. The molecular formula is C18H18ClNO. The fraction of sp³-hybridized carbons (Fsp3) is 0.222. The van der Waals surface area contributed by atoms with E-state index in [0.29, 0.717) is 12.6 Å². The lowest BCUT2D eigenvalue weighted by molar-refractivity contribution is 0.307. The van der Waals surface area contributed by atoms with Gasteiger partial charge in [-0.05, 0) is 44.2 Å². The van der Waals surface area contributed by atoms with Crippen LogP contribution in [0.25, 0.3) is 10.9 Å². The quantitative estimate of drug-likeness (QED) is 0.624. The molecule has 1 aromatic heterocycles. The second-order valence-corrected chi connectivity index (χ2v) is 5.85. The van der Waals surface area contributed by atoms with Crippen molar-refractivity contribution in [3.63, 3.8) is 0 Å². The number of hydrogen-bond donors (Lipinski definition) is 0. The van der Waals surface area contributed by atoms with Crippen molar-refractivity contribution in [1.82, 2.24) is 4.57 Å². The van der Waals surface area contributed by atoms with Gasteiger partial charge < -0.3 is 9.30 Å². The molecule has 3 heteroatoms. The van der Waals surface area contributed by atoms with Crippen molar-refractivity contribution < 1.29 is 4.74 Å². The summed E-state index contributed by atoms with van der Waals surface area (Å²) in [7, 11) is 0. The smallest absolute Gasteiger partial charge is 0.119 e. The van der Waals surface area contributed by atoms with Crippen molar-refractivity contribution in [3.05, 3.63) is 65.3 Å². The minimum absolute atomic E-state index is 0.430. The SMILES string of the molecule is CC(C)n1cc(COc2ccc(Cl)cc2)c2ccccc21. The Bertz CT molecular complexity index is 744. The maximum Gasteiger partial charge on any atom is 0.119 e. The Morgan fingerprint density at radius 3 is 2.48 bits per heavy atom. The van der Waals surface area contributed by atoms with Crippen molar-refractivity contribution in [2.24, 2.45) is 0 Å². The van der Waals surface area contributed by atoms with Crippen LogP contribution in [0.1, 0.15) is 25.5 Å². The van der Waals surface area contributed by atoms with Crippen molar-refractivity contribution in [3.8, 4) is 5.75 Å². The second-order valence-electron chi connectivity index (χ2n) is 5.42. The van der Waals surface area contributed by atoms with E-state index in [9.17, 15) is 0 Å². The molecule has 0 unspecified atom stereocenters. The highest BCUT2D eigenvalue weighted by atomic mass is 35.5. The molecule has 108 valence electrons. The van der Waals surface area contributed by atoms with Gasteiger partial charge in [0.05, 0.1) is 0 Å². The first-order valence-electron chi connectivity index (χ1n) is 7.12. The number of hydrogen-bond acceptors (Lipinski definition) is 1. The van der Waals surface area contributed by atoms with E-state index in [1.54, 1.807) is 0 Å². The third kappa shape index (κ3) is 2.91. The van der Waals surface area contributed by atoms with Crippen molar-refractivity contribution in [1.29, 1.82) is 0 Å². The molecule has 3 aromatic rings. The first-order chi connectivity index (χ1) is 10.1. The summed E-state index contributed by atoms with van der Waals surface area (Å²) in [6.45, 7) is 4.94. The minimum Gasteiger partial charge on any atom is -0.489 e. The maximum absolute atomic E-state index is 5.89. The average molecular weight is 300 g/mol. The highest BCUT2D eigenvalue weighted by Gasteiger charge is 2.10. The predicted octanol–water partition coefficient (Wildman–Crippen LogP) is 5.45. The number of halogens is 1. The molecule has 2 aromatic carbocycles. The summed E-state index contributed by atoms with van der Waals surface area (Å²) in [5.41, 5.74) is 2.46. The molecule has 0 N–H and O–H groups in total. The summed E-state index contributed by atoms with van der Waals surface area (Å²) < 4.78 is 8.16. The van der Waals surface area contributed by atoms with E-state index < -0.39 is 0 Å².